The second kappa shape index (κ2) is 5.64. The fraction of sp³-hybridized carbons (Fsp3) is 0.385. The molecule has 1 atom stereocenters. The maximum absolute atomic E-state index is 14.0. The number of halogens is 2. The highest BCUT2D eigenvalue weighted by Gasteiger charge is 2.22. The Morgan fingerprint density at radius 2 is 2.05 bits per heavy atom. The van der Waals surface area contributed by atoms with Crippen molar-refractivity contribution in [1.82, 2.24) is 15.0 Å². The molecule has 1 aromatic heterocycles. The van der Waals surface area contributed by atoms with Crippen LogP contribution in [0, 0.1) is 18.6 Å². The highest BCUT2D eigenvalue weighted by Crippen LogP contribution is 2.27. The molecule has 2 rings (SSSR count). The van der Waals surface area contributed by atoms with Gasteiger partial charge >= 0.3 is 0 Å². The van der Waals surface area contributed by atoms with E-state index in [4.69, 9.17) is 10.3 Å². The maximum atomic E-state index is 14.0. The number of aryl methyl sites for hydroxylation is 1. The first-order valence-electron chi connectivity index (χ1n) is 6.09. The molecule has 5 nitrogen and oxygen atoms in total. The SMILES string of the molecule is Cc1ccc(F)c(-c2nc(C(N)CN(C)C)no2)c1F. The summed E-state index contributed by atoms with van der Waals surface area (Å²) in [5, 5.41) is 3.69. The van der Waals surface area contributed by atoms with Gasteiger partial charge < -0.3 is 15.2 Å². The van der Waals surface area contributed by atoms with Gasteiger partial charge in [0.2, 0.25) is 0 Å². The van der Waals surface area contributed by atoms with E-state index in [2.05, 4.69) is 10.1 Å². The van der Waals surface area contributed by atoms with Crippen LogP contribution in [-0.4, -0.2) is 35.7 Å². The Morgan fingerprint density at radius 3 is 2.70 bits per heavy atom. The van der Waals surface area contributed by atoms with Crippen LogP contribution >= 0.6 is 0 Å². The Balaban J connectivity index is 2.36. The summed E-state index contributed by atoms with van der Waals surface area (Å²) >= 11 is 0. The molecule has 0 saturated heterocycles. The van der Waals surface area contributed by atoms with Crippen LogP contribution in [0.3, 0.4) is 0 Å². The Kier molecular flexibility index (Phi) is 4.10. The Bertz CT molecular complexity index is 612. The molecule has 2 aromatic rings. The molecule has 1 aromatic carbocycles. The zero-order valence-corrected chi connectivity index (χ0v) is 11.5. The van der Waals surface area contributed by atoms with Crippen LogP contribution < -0.4 is 5.73 Å². The average Bonchev–Trinajstić information content (AvgIpc) is 2.83. The first kappa shape index (κ1) is 14.5. The van der Waals surface area contributed by atoms with Gasteiger partial charge in [-0.1, -0.05) is 11.2 Å². The second-order valence-electron chi connectivity index (χ2n) is 4.88. The van der Waals surface area contributed by atoms with E-state index >= 15 is 0 Å². The first-order chi connectivity index (χ1) is 9.40. The predicted molar refractivity (Wildman–Crippen MR) is 69.9 cm³/mol. The summed E-state index contributed by atoms with van der Waals surface area (Å²) in [5.74, 6) is -1.44. The summed E-state index contributed by atoms with van der Waals surface area (Å²) in [5.41, 5.74) is 5.86. The molecule has 0 bridgehead atoms. The molecule has 0 saturated carbocycles. The molecule has 1 heterocycles. The molecule has 2 N–H and O–H groups in total. The van der Waals surface area contributed by atoms with Gasteiger partial charge in [-0.2, -0.15) is 4.98 Å². The third-order valence-corrected chi connectivity index (χ3v) is 2.83. The minimum atomic E-state index is -0.746. The van der Waals surface area contributed by atoms with Gasteiger partial charge in [0.15, 0.2) is 5.82 Å². The van der Waals surface area contributed by atoms with Crippen molar-refractivity contribution in [3.8, 4) is 11.5 Å². The van der Waals surface area contributed by atoms with Crippen molar-refractivity contribution in [3.63, 3.8) is 0 Å². The minimum absolute atomic E-state index is 0.201. The van der Waals surface area contributed by atoms with Gasteiger partial charge in [-0.15, -0.1) is 0 Å². The van der Waals surface area contributed by atoms with Gasteiger partial charge in [0, 0.05) is 6.54 Å². The van der Waals surface area contributed by atoms with Gasteiger partial charge in [0.25, 0.3) is 5.89 Å². The quantitative estimate of drug-likeness (QED) is 0.927. The number of benzene rings is 1. The van der Waals surface area contributed by atoms with E-state index in [9.17, 15) is 8.78 Å². The molecule has 0 aliphatic heterocycles. The van der Waals surface area contributed by atoms with Gasteiger partial charge in [-0.05, 0) is 32.6 Å². The van der Waals surface area contributed by atoms with Crippen LogP contribution in [0.4, 0.5) is 8.78 Å². The molecule has 108 valence electrons. The van der Waals surface area contributed by atoms with Gasteiger partial charge in [-0.3, -0.25) is 0 Å². The minimum Gasteiger partial charge on any atom is -0.334 e. The number of rotatable bonds is 4. The van der Waals surface area contributed by atoms with Gasteiger partial charge in [0.1, 0.15) is 17.2 Å². The van der Waals surface area contributed by atoms with Crippen molar-refractivity contribution in [3.05, 3.63) is 35.2 Å². The third kappa shape index (κ3) is 2.83. The molecule has 0 aliphatic carbocycles. The van der Waals surface area contributed by atoms with E-state index in [1.165, 1.54) is 13.0 Å². The van der Waals surface area contributed by atoms with E-state index in [1.54, 1.807) is 0 Å². The first-order valence-corrected chi connectivity index (χ1v) is 6.09. The zero-order chi connectivity index (χ0) is 14.9. The smallest absolute Gasteiger partial charge is 0.263 e. The van der Waals surface area contributed by atoms with Crippen molar-refractivity contribution < 1.29 is 13.3 Å². The highest BCUT2D eigenvalue weighted by molar-refractivity contribution is 5.56. The van der Waals surface area contributed by atoms with Gasteiger partial charge in [0.05, 0.1) is 6.04 Å². The molecular formula is C13H16F2N4O. The fourth-order valence-corrected chi connectivity index (χ4v) is 1.81. The lowest BCUT2D eigenvalue weighted by atomic mass is 10.1. The molecule has 0 amide bonds. The number of aromatic nitrogens is 2. The van der Waals surface area contributed by atoms with Crippen molar-refractivity contribution in [2.24, 2.45) is 5.73 Å². The molecule has 0 aliphatic rings. The molecule has 0 spiro atoms. The predicted octanol–water partition coefficient (Wildman–Crippen LogP) is 1.88. The Hall–Kier alpha value is -1.86. The number of nitrogens with two attached hydrogens (primary N) is 1. The van der Waals surface area contributed by atoms with Crippen LogP contribution in [0.2, 0.25) is 0 Å². The summed E-state index contributed by atoms with van der Waals surface area (Å²) in [6.45, 7) is 2.03. The maximum Gasteiger partial charge on any atom is 0.263 e. The fourth-order valence-electron chi connectivity index (χ4n) is 1.81. The van der Waals surface area contributed by atoms with Crippen LogP contribution in [0.1, 0.15) is 17.4 Å². The van der Waals surface area contributed by atoms with Gasteiger partial charge in [-0.25, -0.2) is 8.78 Å². The van der Waals surface area contributed by atoms with E-state index in [0.29, 0.717) is 12.1 Å². The molecule has 1 unspecified atom stereocenters. The zero-order valence-electron chi connectivity index (χ0n) is 11.5. The van der Waals surface area contributed by atoms with Crippen molar-refractivity contribution in [2.75, 3.05) is 20.6 Å². The van der Waals surface area contributed by atoms with Crippen LogP contribution in [0.25, 0.3) is 11.5 Å². The third-order valence-electron chi connectivity index (χ3n) is 2.83. The van der Waals surface area contributed by atoms with Crippen molar-refractivity contribution >= 4 is 0 Å². The normalized spacial score (nSPS) is 12.9. The number of hydrogen-bond donors (Lipinski definition) is 1. The molecular weight excluding hydrogens is 266 g/mol. The molecule has 0 fully saturated rings. The monoisotopic (exact) mass is 282 g/mol. The number of nitrogens with zero attached hydrogens (tertiary/aromatic N) is 3. The summed E-state index contributed by atoms with van der Waals surface area (Å²) in [6.07, 6.45) is 0. The standard InChI is InChI=1S/C13H16F2N4O/c1-7-4-5-8(14)10(11(7)15)13-17-12(18-20-13)9(16)6-19(2)3/h4-5,9H,6,16H2,1-3H3. The summed E-state index contributed by atoms with van der Waals surface area (Å²) in [4.78, 5) is 5.84. The average molecular weight is 282 g/mol. The van der Waals surface area contributed by atoms with E-state index in [-0.39, 0.29) is 17.3 Å². The molecule has 0 radical (unpaired) electrons. The topological polar surface area (TPSA) is 68.2 Å². The van der Waals surface area contributed by atoms with Crippen molar-refractivity contribution in [1.29, 1.82) is 0 Å². The van der Waals surface area contributed by atoms with Crippen LogP contribution in [-0.2, 0) is 0 Å². The lowest BCUT2D eigenvalue weighted by Gasteiger charge is -2.12. The number of hydrogen-bond acceptors (Lipinski definition) is 5. The largest absolute Gasteiger partial charge is 0.334 e. The van der Waals surface area contributed by atoms with E-state index in [0.717, 1.165) is 6.07 Å². The lowest BCUT2D eigenvalue weighted by molar-refractivity contribution is 0.356. The Labute approximate surface area is 115 Å². The second-order valence-corrected chi connectivity index (χ2v) is 4.88. The summed E-state index contributed by atoms with van der Waals surface area (Å²) in [6, 6.07) is 2.03. The van der Waals surface area contributed by atoms with Crippen LogP contribution in [0.5, 0.6) is 0 Å². The van der Waals surface area contributed by atoms with Crippen LogP contribution in [0.15, 0.2) is 16.7 Å². The van der Waals surface area contributed by atoms with E-state index in [1.807, 2.05) is 19.0 Å². The lowest BCUT2D eigenvalue weighted by Crippen LogP contribution is -2.26. The van der Waals surface area contributed by atoms with Crippen molar-refractivity contribution in [2.45, 2.75) is 13.0 Å². The highest BCUT2D eigenvalue weighted by atomic mass is 19.1. The molecule has 7 heteroatoms. The molecule has 20 heavy (non-hydrogen) atoms. The Morgan fingerprint density at radius 1 is 1.35 bits per heavy atom. The van der Waals surface area contributed by atoms with E-state index < -0.39 is 17.7 Å². The number of likely N-dealkylation sites (N-methyl/N-ethyl adjacent to an activating group) is 1. The summed E-state index contributed by atoms with van der Waals surface area (Å²) < 4.78 is 32.6. The summed E-state index contributed by atoms with van der Waals surface area (Å²) in [7, 11) is 3.70.